The van der Waals surface area contributed by atoms with Gasteiger partial charge in [-0.1, -0.05) is 0 Å². The van der Waals surface area contributed by atoms with Crippen LogP contribution in [-0.4, -0.2) is 74.8 Å². The van der Waals surface area contributed by atoms with Crippen molar-refractivity contribution in [2.24, 2.45) is 4.99 Å². The molecule has 0 N–H and O–H groups in total. The lowest BCUT2D eigenvalue weighted by atomic mass is 10.6. The van der Waals surface area contributed by atoms with Gasteiger partial charge in [-0.2, -0.15) is 0 Å². The predicted octanol–water partition coefficient (Wildman–Crippen LogP) is 0.179. The van der Waals surface area contributed by atoms with E-state index in [1.807, 2.05) is 57.3 Å². The molecule has 0 fully saturated rings. The Morgan fingerprint density at radius 2 is 1.50 bits per heavy atom. The van der Waals surface area contributed by atoms with Gasteiger partial charge in [-0.15, -0.1) is 0 Å². The molecule has 5 nitrogen and oxygen atoms in total. The van der Waals surface area contributed by atoms with Crippen molar-refractivity contribution in [2.45, 2.75) is 6.92 Å². The fourth-order valence-corrected chi connectivity index (χ4v) is 1.21. The summed E-state index contributed by atoms with van der Waals surface area (Å²) < 4.78 is 0. The first kappa shape index (κ1) is 13.2. The lowest BCUT2D eigenvalue weighted by Gasteiger charge is -2.37. The molecule has 14 heavy (non-hydrogen) atoms. The van der Waals surface area contributed by atoms with Crippen molar-refractivity contribution in [3.63, 3.8) is 0 Å². The van der Waals surface area contributed by atoms with Gasteiger partial charge in [0.05, 0.1) is 0 Å². The Balaban J connectivity index is 4.70. The Hall–Kier alpha value is -0.810. The number of aliphatic imine (C=N–C) groups is 1. The van der Waals surface area contributed by atoms with E-state index in [-0.39, 0.29) is 0 Å². The van der Waals surface area contributed by atoms with Crippen molar-refractivity contribution in [3.8, 4) is 0 Å². The number of guanidine groups is 1. The van der Waals surface area contributed by atoms with Crippen molar-refractivity contribution in [1.82, 2.24) is 20.0 Å². The van der Waals surface area contributed by atoms with Crippen LogP contribution in [0.4, 0.5) is 0 Å². The lowest BCUT2D eigenvalue weighted by molar-refractivity contribution is 0.0534. The largest absolute Gasteiger partial charge is 0.278 e. The molecule has 0 saturated carbocycles. The minimum atomic E-state index is 0.901. The van der Waals surface area contributed by atoms with Crippen LogP contribution in [-0.2, 0) is 0 Å². The highest BCUT2D eigenvalue weighted by molar-refractivity contribution is 5.78. The van der Waals surface area contributed by atoms with Gasteiger partial charge >= 0.3 is 0 Å². The molecular weight excluding hydrogens is 178 g/mol. The van der Waals surface area contributed by atoms with Crippen molar-refractivity contribution in [2.75, 3.05) is 48.8 Å². The Kier molecular flexibility index (Phi) is 5.49. The first-order chi connectivity index (χ1) is 6.45. The van der Waals surface area contributed by atoms with Gasteiger partial charge in [-0.05, 0) is 6.92 Å². The Labute approximate surface area is 87.5 Å². The maximum absolute atomic E-state index is 4.29. The standard InChI is InChI=1S/C9H23N5/c1-8-14(12(5)6)9(10-2)13(7)11(3)4/h8H2,1-7H3. The zero-order chi connectivity index (χ0) is 11.3. The maximum Gasteiger partial charge on any atom is 0.225 e. The molecule has 5 heteroatoms. The van der Waals surface area contributed by atoms with E-state index in [2.05, 4.69) is 16.9 Å². The van der Waals surface area contributed by atoms with Crippen molar-refractivity contribution in [3.05, 3.63) is 0 Å². The first-order valence-electron chi connectivity index (χ1n) is 4.78. The number of hydrazine groups is 2. The molecule has 0 radical (unpaired) electrons. The van der Waals surface area contributed by atoms with Crippen LogP contribution in [0.3, 0.4) is 0 Å². The van der Waals surface area contributed by atoms with E-state index in [9.17, 15) is 0 Å². The van der Waals surface area contributed by atoms with Crippen LogP contribution < -0.4 is 0 Å². The van der Waals surface area contributed by atoms with Crippen LogP contribution in [0.25, 0.3) is 0 Å². The summed E-state index contributed by atoms with van der Waals surface area (Å²) in [6.07, 6.45) is 0. The molecule has 0 unspecified atom stereocenters. The summed E-state index contributed by atoms with van der Waals surface area (Å²) in [4.78, 5) is 4.29. The summed E-state index contributed by atoms with van der Waals surface area (Å²) in [7, 11) is 11.8. The van der Waals surface area contributed by atoms with Gasteiger partial charge in [0.1, 0.15) is 0 Å². The van der Waals surface area contributed by atoms with E-state index in [0.29, 0.717) is 0 Å². The summed E-state index contributed by atoms with van der Waals surface area (Å²) in [5.74, 6) is 0.933. The highest BCUT2D eigenvalue weighted by Crippen LogP contribution is 2.00. The van der Waals surface area contributed by atoms with Gasteiger partial charge in [0.15, 0.2) is 0 Å². The molecule has 0 spiro atoms. The van der Waals surface area contributed by atoms with Crippen LogP contribution in [0.15, 0.2) is 4.99 Å². The second-order valence-corrected chi connectivity index (χ2v) is 3.46. The molecule has 0 rings (SSSR count). The van der Waals surface area contributed by atoms with Gasteiger partial charge in [0.25, 0.3) is 0 Å². The molecule has 84 valence electrons. The van der Waals surface area contributed by atoms with Crippen molar-refractivity contribution >= 4 is 5.96 Å². The molecule has 0 aliphatic rings. The van der Waals surface area contributed by atoms with Gasteiger partial charge in [-0.25, -0.2) is 10.0 Å². The molecule has 0 heterocycles. The molecule has 0 aromatic rings. The van der Waals surface area contributed by atoms with E-state index in [4.69, 9.17) is 0 Å². The third-order valence-electron chi connectivity index (χ3n) is 2.10. The highest BCUT2D eigenvalue weighted by atomic mass is 15.7. The van der Waals surface area contributed by atoms with E-state index in [1.54, 1.807) is 0 Å². The summed E-state index contributed by atoms with van der Waals surface area (Å²) in [6, 6.07) is 0. The topological polar surface area (TPSA) is 25.3 Å². The molecule has 0 aromatic carbocycles. The van der Waals surface area contributed by atoms with E-state index < -0.39 is 0 Å². The summed E-state index contributed by atoms with van der Waals surface area (Å²) in [6.45, 7) is 3.01. The average molecular weight is 201 g/mol. The summed E-state index contributed by atoms with van der Waals surface area (Å²) >= 11 is 0. The molecule has 0 amide bonds. The normalized spacial score (nSPS) is 12.5. The summed E-state index contributed by atoms with van der Waals surface area (Å²) in [5.41, 5.74) is 0. The van der Waals surface area contributed by atoms with Crippen molar-refractivity contribution in [1.29, 1.82) is 0 Å². The zero-order valence-corrected chi connectivity index (χ0v) is 10.4. The van der Waals surface area contributed by atoms with E-state index in [1.165, 1.54) is 0 Å². The molecule has 0 atom stereocenters. The molecule has 0 aromatic heterocycles. The molecular formula is C9H23N5. The van der Waals surface area contributed by atoms with Crippen LogP contribution >= 0.6 is 0 Å². The minimum absolute atomic E-state index is 0.901. The molecule has 0 saturated heterocycles. The lowest BCUT2D eigenvalue weighted by Crippen LogP contribution is -2.52. The zero-order valence-electron chi connectivity index (χ0n) is 10.4. The van der Waals surface area contributed by atoms with Crippen LogP contribution in [0.1, 0.15) is 6.92 Å². The highest BCUT2D eigenvalue weighted by Gasteiger charge is 2.16. The van der Waals surface area contributed by atoms with E-state index in [0.717, 1.165) is 12.5 Å². The minimum Gasteiger partial charge on any atom is -0.278 e. The Morgan fingerprint density at radius 3 is 1.71 bits per heavy atom. The van der Waals surface area contributed by atoms with E-state index >= 15 is 0 Å². The Bertz CT molecular complexity index is 188. The predicted molar refractivity (Wildman–Crippen MR) is 60.9 cm³/mol. The van der Waals surface area contributed by atoms with Gasteiger partial charge < -0.3 is 0 Å². The number of hydrogen-bond donors (Lipinski definition) is 0. The average Bonchev–Trinajstić information content (AvgIpc) is 2.11. The molecule has 0 aliphatic heterocycles. The van der Waals surface area contributed by atoms with Crippen LogP contribution in [0.2, 0.25) is 0 Å². The number of hydrogen-bond acceptors (Lipinski definition) is 3. The van der Waals surface area contributed by atoms with Gasteiger partial charge in [0.2, 0.25) is 5.96 Å². The SMILES string of the molecule is CCN(C(=NC)N(C)N(C)C)N(C)C. The smallest absolute Gasteiger partial charge is 0.225 e. The monoisotopic (exact) mass is 201 g/mol. The second kappa shape index (κ2) is 5.82. The quantitative estimate of drug-likeness (QED) is 0.369. The maximum atomic E-state index is 4.29. The number of rotatable bonds is 3. The third kappa shape index (κ3) is 3.16. The fourth-order valence-electron chi connectivity index (χ4n) is 1.21. The fraction of sp³-hybridized carbons (Fsp3) is 0.889. The molecule has 0 bridgehead atoms. The Morgan fingerprint density at radius 1 is 1.00 bits per heavy atom. The first-order valence-corrected chi connectivity index (χ1v) is 4.78. The van der Waals surface area contributed by atoms with Crippen LogP contribution in [0, 0.1) is 0 Å². The number of nitrogens with zero attached hydrogens (tertiary/aromatic N) is 5. The molecule has 0 aliphatic carbocycles. The van der Waals surface area contributed by atoms with Crippen LogP contribution in [0.5, 0.6) is 0 Å². The van der Waals surface area contributed by atoms with Gasteiger partial charge in [-0.3, -0.25) is 15.0 Å². The van der Waals surface area contributed by atoms with Gasteiger partial charge in [0, 0.05) is 48.8 Å². The second-order valence-electron chi connectivity index (χ2n) is 3.46. The third-order valence-corrected chi connectivity index (χ3v) is 2.10. The van der Waals surface area contributed by atoms with Crippen molar-refractivity contribution < 1.29 is 0 Å². The summed E-state index contributed by atoms with van der Waals surface area (Å²) in [5, 5.41) is 8.13.